The van der Waals surface area contributed by atoms with Crippen LogP contribution < -0.4 is 9.44 Å². The van der Waals surface area contributed by atoms with Gasteiger partial charge in [0.15, 0.2) is 0 Å². The van der Waals surface area contributed by atoms with Crippen molar-refractivity contribution in [3.05, 3.63) is 69.8 Å². The van der Waals surface area contributed by atoms with Crippen molar-refractivity contribution in [3.63, 3.8) is 0 Å². The first kappa shape index (κ1) is 20.0. The molecule has 29 heavy (non-hydrogen) atoms. The lowest BCUT2D eigenvalue weighted by molar-refractivity contribution is -0.384. The molecule has 1 aliphatic heterocycles. The number of rotatable bonds is 4. The molecule has 2 N–H and O–H groups in total. The van der Waals surface area contributed by atoms with E-state index in [1.165, 1.54) is 30.3 Å². The molecule has 0 radical (unpaired) electrons. The van der Waals surface area contributed by atoms with Crippen molar-refractivity contribution in [1.29, 1.82) is 5.26 Å². The lowest BCUT2D eigenvalue weighted by Crippen LogP contribution is -2.32. The average Bonchev–Trinajstić information content (AvgIpc) is 2.93. The maximum absolute atomic E-state index is 12.4. The summed E-state index contributed by atoms with van der Waals surface area (Å²) in [6.07, 6.45) is 0. The normalized spacial score (nSPS) is 16.1. The number of hydrogen-bond acceptors (Lipinski definition) is 8. The molecule has 0 spiro atoms. The van der Waals surface area contributed by atoms with Gasteiger partial charge >= 0.3 is 0 Å². The Bertz CT molecular complexity index is 1320. The van der Waals surface area contributed by atoms with Crippen LogP contribution in [0.3, 0.4) is 0 Å². The second kappa shape index (κ2) is 7.00. The largest absolute Gasteiger partial charge is 0.277 e. The molecule has 1 heterocycles. The Labute approximate surface area is 164 Å². The van der Waals surface area contributed by atoms with Crippen molar-refractivity contribution < 1.29 is 26.6 Å². The first-order valence-electron chi connectivity index (χ1n) is 7.65. The van der Waals surface area contributed by atoms with Crippen LogP contribution in [0.5, 0.6) is 0 Å². The number of nitrogens with one attached hydrogen (secondary N) is 2. The number of non-ortho nitro benzene ring substituents is 1. The number of nitro benzene ring substituents is 1. The Morgan fingerprint density at radius 2 is 1.76 bits per heavy atom. The van der Waals surface area contributed by atoms with Crippen molar-refractivity contribution in [2.75, 3.05) is 0 Å². The molecule has 11 nitrogen and oxygen atoms in total. The van der Waals surface area contributed by atoms with Gasteiger partial charge in [0.2, 0.25) is 0 Å². The topological polar surface area (TPSA) is 176 Å². The first-order chi connectivity index (χ1) is 13.6. The maximum atomic E-state index is 12.4. The SMILES string of the molecule is N#C/C(C(=O)NS(=O)(=O)c1ccc([N+](=O)[O-])cc1)=C1/NS(=O)(=O)c2ccccc21. The van der Waals surface area contributed by atoms with Gasteiger partial charge in [-0.3, -0.25) is 19.6 Å². The average molecular weight is 434 g/mol. The summed E-state index contributed by atoms with van der Waals surface area (Å²) in [5.74, 6) is -1.36. The van der Waals surface area contributed by atoms with Crippen molar-refractivity contribution in [2.24, 2.45) is 0 Å². The predicted molar refractivity (Wildman–Crippen MR) is 97.7 cm³/mol. The van der Waals surface area contributed by atoms with Gasteiger partial charge in [0, 0.05) is 17.7 Å². The van der Waals surface area contributed by atoms with Gasteiger partial charge in [-0.25, -0.2) is 21.6 Å². The fraction of sp³-hybridized carbons (Fsp3) is 0. The molecule has 3 rings (SSSR count). The molecule has 0 bridgehead atoms. The summed E-state index contributed by atoms with van der Waals surface area (Å²) < 4.78 is 52.7. The summed E-state index contributed by atoms with van der Waals surface area (Å²) in [6, 6.07) is 10.8. The van der Waals surface area contributed by atoms with Crippen LogP contribution in [-0.2, 0) is 24.8 Å². The molecule has 0 saturated carbocycles. The highest BCUT2D eigenvalue weighted by molar-refractivity contribution is 7.90. The van der Waals surface area contributed by atoms with E-state index in [9.17, 15) is 37.0 Å². The van der Waals surface area contributed by atoms with Gasteiger partial charge < -0.3 is 0 Å². The summed E-state index contributed by atoms with van der Waals surface area (Å²) in [5.41, 5.74) is -1.41. The Morgan fingerprint density at radius 1 is 1.14 bits per heavy atom. The summed E-state index contributed by atoms with van der Waals surface area (Å²) >= 11 is 0. The third-order valence-corrected chi connectivity index (χ3v) is 6.61. The highest BCUT2D eigenvalue weighted by Crippen LogP contribution is 2.31. The van der Waals surface area contributed by atoms with Crippen LogP contribution in [-0.4, -0.2) is 27.7 Å². The molecule has 1 amide bonds. The summed E-state index contributed by atoms with van der Waals surface area (Å²) in [4.78, 5) is 21.8. The quantitative estimate of drug-likeness (QED) is 0.304. The van der Waals surface area contributed by atoms with Gasteiger partial charge in [0.25, 0.3) is 31.6 Å². The zero-order chi connectivity index (χ0) is 21.4. The molecule has 13 heteroatoms. The molecule has 0 aliphatic carbocycles. The second-order valence-corrected chi connectivity index (χ2v) is 8.98. The first-order valence-corrected chi connectivity index (χ1v) is 10.6. The zero-order valence-electron chi connectivity index (χ0n) is 14.2. The standard InChI is InChI=1S/C16H10N4O7S2/c17-9-13(15-12-3-1-2-4-14(12)29(26,27)18-15)16(21)19-28(24,25)11-7-5-10(6-8-11)20(22)23/h1-8,18H,(H,19,21)/b15-13-. The number of sulfonamides is 2. The molecule has 2 aromatic carbocycles. The van der Waals surface area contributed by atoms with Gasteiger partial charge in [-0.2, -0.15) is 5.26 Å². The number of nitrogens with zero attached hydrogens (tertiary/aromatic N) is 2. The second-order valence-electron chi connectivity index (χ2n) is 5.65. The number of amides is 1. The Kier molecular flexibility index (Phi) is 4.83. The smallest absolute Gasteiger partial charge is 0.277 e. The summed E-state index contributed by atoms with van der Waals surface area (Å²) in [7, 11) is -8.48. The third-order valence-electron chi connectivity index (χ3n) is 3.86. The van der Waals surface area contributed by atoms with E-state index >= 15 is 0 Å². The minimum absolute atomic E-state index is 0.0481. The van der Waals surface area contributed by atoms with E-state index in [0.29, 0.717) is 0 Å². The van der Waals surface area contributed by atoms with Crippen LogP contribution in [0.4, 0.5) is 5.69 Å². The molecule has 2 aromatic rings. The van der Waals surface area contributed by atoms with E-state index in [0.717, 1.165) is 24.3 Å². The van der Waals surface area contributed by atoms with Gasteiger partial charge in [0.05, 0.1) is 20.4 Å². The van der Waals surface area contributed by atoms with E-state index in [1.807, 2.05) is 0 Å². The van der Waals surface area contributed by atoms with E-state index in [-0.39, 0.29) is 21.8 Å². The molecule has 0 fully saturated rings. The number of nitro groups is 1. The number of carbonyl (C=O) groups excluding carboxylic acids is 1. The van der Waals surface area contributed by atoms with Crippen LogP contribution in [0.2, 0.25) is 0 Å². The van der Waals surface area contributed by atoms with E-state index in [2.05, 4.69) is 4.72 Å². The van der Waals surface area contributed by atoms with Crippen molar-refractivity contribution in [2.45, 2.75) is 9.79 Å². The lowest BCUT2D eigenvalue weighted by atomic mass is 10.1. The van der Waals surface area contributed by atoms with E-state index in [1.54, 1.807) is 4.72 Å². The zero-order valence-corrected chi connectivity index (χ0v) is 15.8. The van der Waals surface area contributed by atoms with Crippen LogP contribution in [0.25, 0.3) is 5.70 Å². The molecule has 0 atom stereocenters. The predicted octanol–water partition coefficient (Wildman–Crippen LogP) is 0.626. The number of fused-ring (bicyclic) bond motifs is 1. The molecule has 0 saturated heterocycles. The molecule has 0 unspecified atom stereocenters. The summed E-state index contributed by atoms with van der Waals surface area (Å²) in [6.45, 7) is 0. The van der Waals surface area contributed by atoms with Crippen LogP contribution >= 0.6 is 0 Å². The monoisotopic (exact) mass is 434 g/mol. The van der Waals surface area contributed by atoms with Crippen molar-refractivity contribution in [3.8, 4) is 6.07 Å². The molecule has 1 aliphatic rings. The fourth-order valence-electron chi connectivity index (χ4n) is 2.54. The van der Waals surface area contributed by atoms with Gasteiger partial charge in [-0.05, 0) is 18.2 Å². The van der Waals surface area contributed by atoms with Gasteiger partial charge in [0.1, 0.15) is 11.6 Å². The minimum atomic E-state index is -4.48. The van der Waals surface area contributed by atoms with Crippen LogP contribution in [0, 0.1) is 21.4 Å². The number of nitriles is 1. The Morgan fingerprint density at radius 3 is 2.34 bits per heavy atom. The van der Waals surface area contributed by atoms with Crippen molar-refractivity contribution in [1.82, 2.24) is 9.44 Å². The van der Waals surface area contributed by atoms with Crippen LogP contribution in [0.1, 0.15) is 5.56 Å². The van der Waals surface area contributed by atoms with Crippen LogP contribution in [0.15, 0.2) is 63.9 Å². The minimum Gasteiger partial charge on any atom is -0.277 e. The molecule has 0 aromatic heterocycles. The fourth-order valence-corrected chi connectivity index (χ4v) is 4.80. The van der Waals surface area contributed by atoms with E-state index in [4.69, 9.17) is 0 Å². The number of carbonyl (C=O) groups is 1. The van der Waals surface area contributed by atoms with Gasteiger partial charge in [-0.15, -0.1) is 0 Å². The highest BCUT2D eigenvalue weighted by atomic mass is 32.2. The Hall–Kier alpha value is -3.76. The van der Waals surface area contributed by atoms with Crippen molar-refractivity contribution >= 4 is 37.3 Å². The number of benzene rings is 2. The molecular weight excluding hydrogens is 424 g/mol. The summed E-state index contributed by atoms with van der Waals surface area (Å²) in [5, 5.41) is 20.0. The molecule has 148 valence electrons. The third kappa shape index (κ3) is 3.66. The number of hydrogen-bond donors (Lipinski definition) is 2. The maximum Gasteiger partial charge on any atom is 0.277 e. The highest BCUT2D eigenvalue weighted by Gasteiger charge is 2.34. The Balaban J connectivity index is 1.98. The van der Waals surface area contributed by atoms with Gasteiger partial charge in [-0.1, -0.05) is 18.2 Å². The van der Waals surface area contributed by atoms with E-state index < -0.39 is 41.3 Å². The molecular formula is C16H10N4O7S2. The lowest BCUT2D eigenvalue weighted by Gasteiger charge is -2.08.